The number of nitrogens with zero attached hydrogens (tertiary/aromatic N) is 3. The van der Waals surface area contributed by atoms with E-state index in [9.17, 15) is 0 Å². The molecule has 0 atom stereocenters. The van der Waals surface area contributed by atoms with Crippen molar-refractivity contribution in [2.45, 2.75) is 26.9 Å². The van der Waals surface area contributed by atoms with Crippen molar-refractivity contribution in [2.24, 2.45) is 17.0 Å². The highest BCUT2D eigenvalue weighted by Crippen LogP contribution is 2.12. The minimum absolute atomic E-state index is 0.703. The van der Waals surface area contributed by atoms with Gasteiger partial charge in [0.25, 0.3) is 0 Å². The average molecular weight is 343 g/mol. The van der Waals surface area contributed by atoms with Gasteiger partial charge in [0.1, 0.15) is 0 Å². The Bertz CT molecular complexity index is 828. The van der Waals surface area contributed by atoms with Crippen LogP contribution in [0.2, 0.25) is 0 Å². The van der Waals surface area contributed by atoms with Crippen LogP contribution in [-0.2, 0) is 20.1 Å². The topological polar surface area (TPSA) is 29.6 Å². The lowest BCUT2D eigenvalue weighted by atomic mass is 10.2. The number of hydrogen-bond donors (Lipinski definition) is 0. The second-order valence-electron chi connectivity index (χ2n) is 6.44. The Hall–Kier alpha value is -2.94. The van der Waals surface area contributed by atoms with Crippen LogP contribution in [0.3, 0.4) is 0 Å². The molecular formula is C23H25N3. The first kappa shape index (κ1) is 17.9. The molecule has 0 saturated carbocycles. The van der Waals surface area contributed by atoms with Crippen LogP contribution in [0.1, 0.15) is 36.4 Å². The molecular weight excluding hydrogens is 318 g/mol. The number of hydrogen-bond acceptors (Lipinski definition) is 2. The summed E-state index contributed by atoms with van der Waals surface area (Å²) in [6, 6.07) is 24.9. The van der Waals surface area contributed by atoms with Crippen LogP contribution in [0.5, 0.6) is 0 Å². The molecule has 132 valence electrons. The lowest BCUT2D eigenvalue weighted by Gasteiger charge is -2.08. The molecule has 3 aromatic rings. The molecule has 1 aromatic heterocycles. The summed E-state index contributed by atoms with van der Waals surface area (Å²) in [6.07, 6.45) is 0. The average Bonchev–Trinajstić information content (AvgIpc) is 3.07. The third-order valence-electron chi connectivity index (χ3n) is 4.55. The summed E-state index contributed by atoms with van der Waals surface area (Å²) in [5.74, 6) is 0. The highest BCUT2D eigenvalue weighted by atomic mass is 15.0. The van der Waals surface area contributed by atoms with Gasteiger partial charge in [-0.25, -0.2) is 0 Å². The van der Waals surface area contributed by atoms with Gasteiger partial charge in [-0.3, -0.25) is 9.98 Å². The first-order valence-electron chi connectivity index (χ1n) is 8.91. The van der Waals surface area contributed by atoms with E-state index in [1.165, 1.54) is 11.1 Å². The van der Waals surface area contributed by atoms with Gasteiger partial charge >= 0.3 is 0 Å². The minimum atomic E-state index is 0.703. The molecule has 3 heteroatoms. The van der Waals surface area contributed by atoms with Crippen LogP contribution in [-0.4, -0.2) is 16.0 Å². The summed E-state index contributed by atoms with van der Waals surface area (Å²) in [5.41, 5.74) is 6.79. The molecule has 0 aliphatic rings. The second-order valence-corrected chi connectivity index (χ2v) is 6.44. The summed E-state index contributed by atoms with van der Waals surface area (Å²) in [7, 11) is 2.08. The van der Waals surface area contributed by atoms with Gasteiger partial charge in [-0.2, -0.15) is 0 Å². The van der Waals surface area contributed by atoms with Crippen LogP contribution < -0.4 is 0 Å². The van der Waals surface area contributed by atoms with Crippen molar-refractivity contribution in [3.8, 4) is 0 Å². The SMILES string of the molecule is CC(=NCc1ccccc1)c1ccc(C(C)=NCc2ccccc2)n1C. The zero-order chi connectivity index (χ0) is 18.4. The van der Waals surface area contributed by atoms with E-state index < -0.39 is 0 Å². The molecule has 1 heterocycles. The Kier molecular flexibility index (Phi) is 5.80. The minimum Gasteiger partial charge on any atom is -0.342 e. The van der Waals surface area contributed by atoms with Crippen LogP contribution in [0.25, 0.3) is 0 Å². The summed E-state index contributed by atoms with van der Waals surface area (Å²) in [4.78, 5) is 9.50. The van der Waals surface area contributed by atoms with Crippen molar-refractivity contribution in [1.29, 1.82) is 0 Å². The summed E-state index contributed by atoms with van der Waals surface area (Å²) < 4.78 is 2.17. The second kappa shape index (κ2) is 8.43. The normalized spacial score (nSPS) is 12.4. The fourth-order valence-electron chi connectivity index (χ4n) is 2.99. The molecule has 0 unspecified atom stereocenters. The van der Waals surface area contributed by atoms with Gasteiger partial charge < -0.3 is 4.57 Å². The van der Waals surface area contributed by atoms with E-state index in [4.69, 9.17) is 9.98 Å². The Morgan fingerprint density at radius 3 is 1.42 bits per heavy atom. The third kappa shape index (κ3) is 4.37. The quantitative estimate of drug-likeness (QED) is 0.561. The zero-order valence-electron chi connectivity index (χ0n) is 15.7. The van der Waals surface area contributed by atoms with Crippen LogP contribution in [0, 0.1) is 0 Å². The van der Waals surface area contributed by atoms with E-state index in [1.54, 1.807) is 0 Å². The molecule has 0 N–H and O–H groups in total. The maximum atomic E-state index is 4.75. The van der Waals surface area contributed by atoms with Gasteiger partial charge in [0.05, 0.1) is 35.9 Å². The molecule has 0 saturated heterocycles. The smallest absolute Gasteiger partial charge is 0.0643 e. The number of aromatic nitrogens is 1. The van der Waals surface area contributed by atoms with Crippen molar-refractivity contribution >= 4 is 11.4 Å². The van der Waals surface area contributed by atoms with Gasteiger partial charge in [-0.1, -0.05) is 60.7 Å². The highest BCUT2D eigenvalue weighted by Gasteiger charge is 2.09. The third-order valence-corrected chi connectivity index (χ3v) is 4.55. The van der Waals surface area contributed by atoms with Crippen LogP contribution >= 0.6 is 0 Å². The number of benzene rings is 2. The molecule has 2 aromatic carbocycles. The van der Waals surface area contributed by atoms with E-state index in [0.717, 1.165) is 22.8 Å². The van der Waals surface area contributed by atoms with Crippen molar-refractivity contribution in [1.82, 2.24) is 4.57 Å². The van der Waals surface area contributed by atoms with E-state index in [1.807, 2.05) is 36.4 Å². The van der Waals surface area contributed by atoms with Crippen LogP contribution in [0.4, 0.5) is 0 Å². The van der Waals surface area contributed by atoms with Gasteiger partial charge in [-0.05, 0) is 37.1 Å². The molecule has 3 rings (SSSR count). The van der Waals surface area contributed by atoms with Gasteiger partial charge in [-0.15, -0.1) is 0 Å². The van der Waals surface area contributed by atoms with Gasteiger partial charge in [0.15, 0.2) is 0 Å². The van der Waals surface area contributed by atoms with E-state index in [0.29, 0.717) is 13.1 Å². The standard InChI is InChI=1S/C23H25N3/c1-18(24-16-20-10-6-4-7-11-20)22-14-15-23(26(22)3)19(2)25-17-21-12-8-5-9-13-21/h4-15H,16-17H2,1-3H3. The molecule has 0 spiro atoms. The van der Waals surface area contributed by atoms with Crippen molar-refractivity contribution < 1.29 is 0 Å². The molecule has 0 bridgehead atoms. The number of rotatable bonds is 6. The lowest BCUT2D eigenvalue weighted by Crippen LogP contribution is -2.09. The zero-order valence-corrected chi connectivity index (χ0v) is 15.7. The molecule has 0 radical (unpaired) electrons. The maximum Gasteiger partial charge on any atom is 0.0643 e. The molecule has 0 aliphatic heterocycles. The van der Waals surface area contributed by atoms with E-state index >= 15 is 0 Å². The Balaban J connectivity index is 1.74. The fraction of sp³-hybridized carbons (Fsp3) is 0.217. The fourth-order valence-corrected chi connectivity index (χ4v) is 2.99. The van der Waals surface area contributed by atoms with Crippen LogP contribution in [0.15, 0.2) is 82.8 Å². The maximum absolute atomic E-state index is 4.75. The molecule has 3 nitrogen and oxygen atoms in total. The number of aliphatic imine (C=N–C) groups is 2. The van der Waals surface area contributed by atoms with E-state index in [-0.39, 0.29) is 0 Å². The Morgan fingerprint density at radius 2 is 1.04 bits per heavy atom. The first-order chi connectivity index (χ1) is 12.6. The predicted octanol–water partition coefficient (Wildman–Crippen LogP) is 5.04. The lowest BCUT2D eigenvalue weighted by molar-refractivity contribution is 0.892. The Morgan fingerprint density at radius 1 is 0.654 bits per heavy atom. The van der Waals surface area contributed by atoms with Gasteiger partial charge in [0.2, 0.25) is 0 Å². The Labute approximate surface area is 155 Å². The molecule has 0 fully saturated rings. The summed E-state index contributed by atoms with van der Waals surface area (Å²) in [6.45, 7) is 5.54. The first-order valence-corrected chi connectivity index (χ1v) is 8.91. The molecule has 26 heavy (non-hydrogen) atoms. The van der Waals surface area contributed by atoms with Crippen molar-refractivity contribution in [3.63, 3.8) is 0 Å². The summed E-state index contributed by atoms with van der Waals surface area (Å²) in [5, 5.41) is 0. The monoisotopic (exact) mass is 343 g/mol. The van der Waals surface area contributed by atoms with Crippen molar-refractivity contribution in [3.05, 3.63) is 95.3 Å². The highest BCUT2D eigenvalue weighted by molar-refractivity contribution is 6.02. The van der Waals surface area contributed by atoms with Gasteiger partial charge in [0, 0.05) is 7.05 Å². The van der Waals surface area contributed by atoms with E-state index in [2.05, 4.69) is 61.9 Å². The van der Waals surface area contributed by atoms with Crippen molar-refractivity contribution in [2.75, 3.05) is 0 Å². The molecule has 0 aliphatic carbocycles. The summed E-state index contributed by atoms with van der Waals surface area (Å²) >= 11 is 0. The predicted molar refractivity (Wildman–Crippen MR) is 110 cm³/mol. The molecule has 0 amide bonds. The largest absolute Gasteiger partial charge is 0.342 e.